The standard InChI is InChI=1S/C15H18BrClN2S/c1-3-18-8-11-4-5-13(17)7-15(11)19(2)9-14-6-12(16)10-20-14/h4-7,10,18H,3,8-9H2,1-2H3. The average Bonchev–Trinajstić information content (AvgIpc) is 2.82. The molecule has 0 saturated carbocycles. The Morgan fingerprint density at radius 3 is 2.80 bits per heavy atom. The molecule has 20 heavy (non-hydrogen) atoms. The summed E-state index contributed by atoms with van der Waals surface area (Å²) in [7, 11) is 2.11. The van der Waals surface area contributed by atoms with Crippen molar-refractivity contribution in [2.75, 3.05) is 18.5 Å². The summed E-state index contributed by atoms with van der Waals surface area (Å²) in [6.07, 6.45) is 0. The number of nitrogens with zero attached hydrogens (tertiary/aromatic N) is 1. The summed E-state index contributed by atoms with van der Waals surface area (Å²) in [5.74, 6) is 0. The first-order chi connectivity index (χ1) is 9.60. The summed E-state index contributed by atoms with van der Waals surface area (Å²) < 4.78 is 1.14. The molecule has 0 aliphatic heterocycles. The van der Waals surface area contributed by atoms with Gasteiger partial charge in [-0.15, -0.1) is 11.3 Å². The Labute approximate surface area is 137 Å². The van der Waals surface area contributed by atoms with Crippen LogP contribution in [-0.4, -0.2) is 13.6 Å². The van der Waals surface area contributed by atoms with Crippen LogP contribution in [0.1, 0.15) is 17.4 Å². The van der Waals surface area contributed by atoms with Gasteiger partial charge in [0.05, 0.1) is 6.54 Å². The van der Waals surface area contributed by atoms with Crippen molar-refractivity contribution >= 4 is 44.6 Å². The number of rotatable bonds is 6. The van der Waals surface area contributed by atoms with Crippen molar-refractivity contribution in [3.8, 4) is 0 Å². The molecule has 0 unspecified atom stereocenters. The van der Waals surface area contributed by atoms with Gasteiger partial charge in [0, 0.05) is 39.0 Å². The van der Waals surface area contributed by atoms with Crippen molar-refractivity contribution in [3.05, 3.63) is 49.6 Å². The lowest BCUT2D eigenvalue weighted by Crippen LogP contribution is -2.20. The van der Waals surface area contributed by atoms with Gasteiger partial charge in [-0.2, -0.15) is 0 Å². The van der Waals surface area contributed by atoms with E-state index in [1.807, 2.05) is 12.1 Å². The van der Waals surface area contributed by atoms with Gasteiger partial charge in [0.1, 0.15) is 0 Å². The smallest absolute Gasteiger partial charge is 0.0520 e. The van der Waals surface area contributed by atoms with Gasteiger partial charge in [0.2, 0.25) is 0 Å². The number of benzene rings is 1. The normalized spacial score (nSPS) is 10.8. The molecule has 0 atom stereocenters. The first kappa shape index (κ1) is 15.8. The Morgan fingerprint density at radius 1 is 1.35 bits per heavy atom. The molecule has 1 N–H and O–H groups in total. The monoisotopic (exact) mass is 372 g/mol. The molecule has 0 aliphatic carbocycles. The van der Waals surface area contributed by atoms with Gasteiger partial charge in [0.25, 0.3) is 0 Å². The van der Waals surface area contributed by atoms with Gasteiger partial charge in [-0.05, 0) is 46.2 Å². The molecular weight excluding hydrogens is 356 g/mol. The predicted molar refractivity (Wildman–Crippen MR) is 93.0 cm³/mol. The van der Waals surface area contributed by atoms with Crippen LogP contribution in [0.25, 0.3) is 0 Å². The highest BCUT2D eigenvalue weighted by molar-refractivity contribution is 9.10. The van der Waals surface area contributed by atoms with E-state index in [1.54, 1.807) is 11.3 Å². The molecule has 1 aromatic carbocycles. The van der Waals surface area contributed by atoms with E-state index in [1.165, 1.54) is 16.1 Å². The summed E-state index contributed by atoms with van der Waals surface area (Å²) in [5.41, 5.74) is 2.46. The Kier molecular flexibility index (Phi) is 5.90. The highest BCUT2D eigenvalue weighted by atomic mass is 79.9. The number of halogens is 2. The van der Waals surface area contributed by atoms with Gasteiger partial charge in [0.15, 0.2) is 0 Å². The fourth-order valence-electron chi connectivity index (χ4n) is 2.06. The third kappa shape index (κ3) is 4.22. The molecule has 0 bridgehead atoms. The molecule has 0 amide bonds. The summed E-state index contributed by atoms with van der Waals surface area (Å²) in [4.78, 5) is 3.57. The molecular formula is C15H18BrClN2S. The number of hydrogen-bond donors (Lipinski definition) is 1. The van der Waals surface area contributed by atoms with Gasteiger partial charge in [-0.25, -0.2) is 0 Å². The summed E-state index contributed by atoms with van der Waals surface area (Å²) >= 11 is 11.4. The van der Waals surface area contributed by atoms with E-state index in [9.17, 15) is 0 Å². The molecule has 2 aromatic rings. The van der Waals surface area contributed by atoms with Crippen molar-refractivity contribution in [1.82, 2.24) is 5.32 Å². The number of anilines is 1. The SMILES string of the molecule is CCNCc1ccc(Cl)cc1N(C)Cc1cc(Br)cs1. The van der Waals surface area contributed by atoms with Crippen LogP contribution < -0.4 is 10.2 Å². The van der Waals surface area contributed by atoms with Crippen LogP contribution in [0.5, 0.6) is 0 Å². The molecule has 2 rings (SSSR count). The van der Waals surface area contributed by atoms with E-state index in [4.69, 9.17) is 11.6 Å². The molecule has 108 valence electrons. The Hall–Kier alpha value is -0.550. The zero-order valence-corrected chi connectivity index (χ0v) is 14.8. The molecule has 0 aliphatic rings. The quantitative estimate of drug-likeness (QED) is 0.774. The van der Waals surface area contributed by atoms with E-state index in [0.717, 1.165) is 29.1 Å². The van der Waals surface area contributed by atoms with Crippen LogP contribution in [-0.2, 0) is 13.1 Å². The van der Waals surface area contributed by atoms with Gasteiger partial charge < -0.3 is 10.2 Å². The van der Waals surface area contributed by atoms with Crippen molar-refractivity contribution in [1.29, 1.82) is 0 Å². The summed E-state index contributed by atoms with van der Waals surface area (Å²) in [5, 5.41) is 6.26. The van der Waals surface area contributed by atoms with Crippen molar-refractivity contribution in [2.24, 2.45) is 0 Å². The minimum absolute atomic E-state index is 0.777. The van der Waals surface area contributed by atoms with Crippen molar-refractivity contribution in [2.45, 2.75) is 20.0 Å². The van der Waals surface area contributed by atoms with Crippen LogP contribution in [0.4, 0.5) is 5.69 Å². The van der Waals surface area contributed by atoms with Gasteiger partial charge in [-0.3, -0.25) is 0 Å². The summed E-state index contributed by atoms with van der Waals surface area (Å²) in [6.45, 7) is 4.82. The highest BCUT2D eigenvalue weighted by Gasteiger charge is 2.10. The zero-order chi connectivity index (χ0) is 14.5. The molecule has 1 aromatic heterocycles. The minimum atomic E-state index is 0.777. The summed E-state index contributed by atoms with van der Waals surface area (Å²) in [6, 6.07) is 8.25. The maximum Gasteiger partial charge on any atom is 0.0520 e. The van der Waals surface area contributed by atoms with E-state index < -0.39 is 0 Å². The van der Waals surface area contributed by atoms with Crippen LogP contribution in [0.2, 0.25) is 5.02 Å². The minimum Gasteiger partial charge on any atom is -0.369 e. The van der Waals surface area contributed by atoms with Gasteiger partial charge in [-0.1, -0.05) is 24.6 Å². The molecule has 2 nitrogen and oxygen atoms in total. The Balaban J connectivity index is 2.18. The Bertz CT molecular complexity index is 571. The predicted octanol–water partition coefficient (Wildman–Crippen LogP) is 4.91. The third-order valence-corrected chi connectivity index (χ3v) is 4.96. The second-order valence-electron chi connectivity index (χ2n) is 4.64. The highest BCUT2D eigenvalue weighted by Crippen LogP contribution is 2.27. The first-order valence-corrected chi connectivity index (χ1v) is 8.58. The number of nitrogens with one attached hydrogen (secondary N) is 1. The lowest BCUT2D eigenvalue weighted by Gasteiger charge is -2.22. The molecule has 0 radical (unpaired) electrons. The van der Waals surface area contributed by atoms with Crippen molar-refractivity contribution < 1.29 is 0 Å². The maximum atomic E-state index is 6.15. The number of thiophene rings is 1. The van der Waals surface area contributed by atoms with E-state index in [2.05, 4.69) is 57.6 Å². The number of hydrogen-bond acceptors (Lipinski definition) is 3. The fourth-order valence-corrected chi connectivity index (χ4v) is 3.73. The molecule has 5 heteroatoms. The third-order valence-electron chi connectivity index (χ3n) is 3.04. The Morgan fingerprint density at radius 2 is 2.15 bits per heavy atom. The average molecular weight is 374 g/mol. The van der Waals surface area contributed by atoms with Crippen LogP contribution >= 0.6 is 38.9 Å². The topological polar surface area (TPSA) is 15.3 Å². The second kappa shape index (κ2) is 7.46. The van der Waals surface area contributed by atoms with E-state index >= 15 is 0 Å². The second-order valence-corrected chi connectivity index (χ2v) is 6.99. The maximum absolute atomic E-state index is 6.15. The van der Waals surface area contributed by atoms with E-state index in [-0.39, 0.29) is 0 Å². The van der Waals surface area contributed by atoms with Crippen LogP contribution in [0, 0.1) is 0 Å². The lowest BCUT2D eigenvalue weighted by atomic mass is 10.1. The molecule has 1 heterocycles. The molecule has 0 fully saturated rings. The van der Waals surface area contributed by atoms with E-state index in [0.29, 0.717) is 0 Å². The molecule has 0 saturated heterocycles. The molecule has 0 spiro atoms. The fraction of sp³-hybridized carbons (Fsp3) is 0.333. The lowest BCUT2D eigenvalue weighted by molar-refractivity contribution is 0.723. The van der Waals surface area contributed by atoms with Crippen LogP contribution in [0.3, 0.4) is 0 Å². The van der Waals surface area contributed by atoms with Crippen LogP contribution in [0.15, 0.2) is 34.1 Å². The zero-order valence-electron chi connectivity index (χ0n) is 11.6. The van der Waals surface area contributed by atoms with Gasteiger partial charge >= 0.3 is 0 Å². The largest absolute Gasteiger partial charge is 0.369 e. The first-order valence-electron chi connectivity index (χ1n) is 6.53. The van der Waals surface area contributed by atoms with Crippen molar-refractivity contribution in [3.63, 3.8) is 0 Å².